The first-order valence-corrected chi connectivity index (χ1v) is 3.45. The molecular formula is C8H8N2O. The lowest BCUT2D eigenvalue weighted by molar-refractivity contribution is 0.599. The number of fused-ring (bicyclic) bond motifs is 1. The Hall–Kier alpha value is -1.38. The molecule has 56 valence electrons. The van der Waals surface area contributed by atoms with Crippen LogP contribution in [0.2, 0.25) is 0 Å². The molecule has 0 spiro atoms. The van der Waals surface area contributed by atoms with E-state index in [-0.39, 0.29) is 0 Å². The SMILES string of the molecule is Cc1cc(C)c2ocnc2n1. The Balaban J connectivity index is 2.91. The Morgan fingerprint density at radius 2 is 2.18 bits per heavy atom. The quantitative estimate of drug-likeness (QED) is 0.572. The van der Waals surface area contributed by atoms with Crippen LogP contribution in [0, 0.1) is 13.8 Å². The van der Waals surface area contributed by atoms with Gasteiger partial charge in [-0.2, -0.15) is 4.98 Å². The van der Waals surface area contributed by atoms with Gasteiger partial charge in [-0.05, 0) is 25.5 Å². The fourth-order valence-corrected chi connectivity index (χ4v) is 1.17. The van der Waals surface area contributed by atoms with Gasteiger partial charge in [-0.15, -0.1) is 0 Å². The van der Waals surface area contributed by atoms with Crippen molar-refractivity contribution in [1.29, 1.82) is 0 Å². The van der Waals surface area contributed by atoms with E-state index >= 15 is 0 Å². The minimum absolute atomic E-state index is 0.697. The van der Waals surface area contributed by atoms with Crippen LogP contribution < -0.4 is 0 Å². The van der Waals surface area contributed by atoms with E-state index in [1.165, 1.54) is 6.39 Å². The first-order chi connectivity index (χ1) is 5.27. The Kier molecular flexibility index (Phi) is 1.18. The molecule has 0 unspecified atom stereocenters. The molecule has 3 nitrogen and oxygen atoms in total. The van der Waals surface area contributed by atoms with Crippen molar-refractivity contribution in [3.05, 3.63) is 23.7 Å². The van der Waals surface area contributed by atoms with E-state index in [1.807, 2.05) is 19.9 Å². The van der Waals surface area contributed by atoms with Gasteiger partial charge in [0, 0.05) is 5.69 Å². The smallest absolute Gasteiger partial charge is 0.199 e. The number of aromatic nitrogens is 2. The van der Waals surface area contributed by atoms with Crippen LogP contribution in [0.25, 0.3) is 11.2 Å². The molecule has 0 aliphatic carbocycles. The largest absolute Gasteiger partial charge is 0.441 e. The van der Waals surface area contributed by atoms with Crippen LogP contribution in [0.1, 0.15) is 11.3 Å². The minimum Gasteiger partial charge on any atom is -0.441 e. The summed E-state index contributed by atoms with van der Waals surface area (Å²) < 4.78 is 5.13. The lowest BCUT2D eigenvalue weighted by Gasteiger charge is -1.93. The number of hydrogen-bond donors (Lipinski definition) is 0. The zero-order valence-corrected chi connectivity index (χ0v) is 6.46. The first kappa shape index (κ1) is 6.34. The van der Waals surface area contributed by atoms with Gasteiger partial charge in [0.05, 0.1) is 0 Å². The van der Waals surface area contributed by atoms with Crippen LogP contribution in [0.5, 0.6) is 0 Å². The Morgan fingerprint density at radius 1 is 1.36 bits per heavy atom. The maximum absolute atomic E-state index is 5.13. The van der Waals surface area contributed by atoms with Crippen LogP contribution in [-0.4, -0.2) is 9.97 Å². The molecule has 0 saturated heterocycles. The summed E-state index contributed by atoms with van der Waals surface area (Å²) in [6, 6.07) is 1.98. The molecule has 0 fully saturated rings. The molecule has 0 bridgehead atoms. The highest BCUT2D eigenvalue weighted by Crippen LogP contribution is 2.15. The summed E-state index contributed by atoms with van der Waals surface area (Å²) in [5.74, 6) is 0. The molecule has 2 heterocycles. The van der Waals surface area contributed by atoms with E-state index in [9.17, 15) is 0 Å². The third-order valence-corrected chi connectivity index (χ3v) is 1.61. The van der Waals surface area contributed by atoms with Crippen molar-refractivity contribution in [2.24, 2.45) is 0 Å². The maximum atomic E-state index is 5.13. The zero-order chi connectivity index (χ0) is 7.84. The van der Waals surface area contributed by atoms with E-state index in [0.717, 1.165) is 16.8 Å². The van der Waals surface area contributed by atoms with Gasteiger partial charge in [0.25, 0.3) is 0 Å². The Morgan fingerprint density at radius 3 is 3.00 bits per heavy atom. The highest BCUT2D eigenvalue weighted by molar-refractivity contribution is 5.71. The average molecular weight is 148 g/mol. The van der Waals surface area contributed by atoms with Gasteiger partial charge in [0.2, 0.25) is 0 Å². The molecular weight excluding hydrogens is 140 g/mol. The van der Waals surface area contributed by atoms with Crippen molar-refractivity contribution in [3.8, 4) is 0 Å². The van der Waals surface area contributed by atoms with E-state index in [4.69, 9.17) is 4.42 Å². The summed E-state index contributed by atoms with van der Waals surface area (Å²) in [6.45, 7) is 3.93. The average Bonchev–Trinajstić information content (AvgIpc) is 2.34. The van der Waals surface area contributed by atoms with Crippen LogP contribution in [0.3, 0.4) is 0 Å². The van der Waals surface area contributed by atoms with Gasteiger partial charge < -0.3 is 4.42 Å². The Bertz CT molecular complexity index is 392. The molecule has 11 heavy (non-hydrogen) atoms. The third-order valence-electron chi connectivity index (χ3n) is 1.61. The molecule has 3 heteroatoms. The summed E-state index contributed by atoms with van der Waals surface area (Å²) in [6.07, 6.45) is 1.42. The molecule has 0 amide bonds. The zero-order valence-electron chi connectivity index (χ0n) is 6.46. The van der Waals surface area contributed by atoms with Crippen molar-refractivity contribution in [1.82, 2.24) is 9.97 Å². The standard InChI is InChI=1S/C8H8N2O/c1-5-3-6(2)10-8-7(5)11-4-9-8/h3-4H,1-2H3. The predicted octanol–water partition coefficient (Wildman–Crippen LogP) is 1.84. The number of aryl methyl sites for hydroxylation is 2. The molecule has 0 aliphatic rings. The number of rotatable bonds is 0. The van der Waals surface area contributed by atoms with E-state index in [1.54, 1.807) is 0 Å². The van der Waals surface area contributed by atoms with Crippen LogP contribution in [0.15, 0.2) is 16.9 Å². The van der Waals surface area contributed by atoms with E-state index in [2.05, 4.69) is 9.97 Å². The highest BCUT2D eigenvalue weighted by atomic mass is 16.3. The van der Waals surface area contributed by atoms with Gasteiger partial charge in [-0.25, -0.2) is 4.98 Å². The maximum Gasteiger partial charge on any atom is 0.199 e. The number of nitrogens with zero attached hydrogens (tertiary/aromatic N) is 2. The molecule has 2 aromatic heterocycles. The number of oxazole rings is 1. The molecule has 0 aliphatic heterocycles. The van der Waals surface area contributed by atoms with Crippen molar-refractivity contribution < 1.29 is 4.42 Å². The topological polar surface area (TPSA) is 38.9 Å². The van der Waals surface area contributed by atoms with Crippen LogP contribution in [0.4, 0.5) is 0 Å². The number of pyridine rings is 1. The number of hydrogen-bond acceptors (Lipinski definition) is 3. The first-order valence-electron chi connectivity index (χ1n) is 3.45. The van der Waals surface area contributed by atoms with Crippen molar-refractivity contribution in [3.63, 3.8) is 0 Å². The van der Waals surface area contributed by atoms with Crippen LogP contribution >= 0.6 is 0 Å². The molecule has 0 aromatic carbocycles. The summed E-state index contributed by atoms with van der Waals surface area (Å²) in [5.41, 5.74) is 3.55. The second kappa shape index (κ2) is 2.05. The van der Waals surface area contributed by atoms with Crippen molar-refractivity contribution in [2.75, 3.05) is 0 Å². The fourth-order valence-electron chi connectivity index (χ4n) is 1.17. The second-order valence-corrected chi connectivity index (χ2v) is 2.59. The predicted molar refractivity (Wildman–Crippen MR) is 41.3 cm³/mol. The summed E-state index contributed by atoms with van der Waals surface area (Å²) >= 11 is 0. The van der Waals surface area contributed by atoms with Gasteiger partial charge in [0.15, 0.2) is 17.6 Å². The van der Waals surface area contributed by atoms with Gasteiger partial charge in [-0.3, -0.25) is 0 Å². The van der Waals surface area contributed by atoms with E-state index < -0.39 is 0 Å². The Labute approximate surface area is 64.1 Å². The van der Waals surface area contributed by atoms with Gasteiger partial charge >= 0.3 is 0 Å². The van der Waals surface area contributed by atoms with E-state index in [0.29, 0.717) is 5.65 Å². The summed E-state index contributed by atoms with van der Waals surface area (Å²) in [5, 5.41) is 0. The molecule has 0 atom stereocenters. The summed E-state index contributed by atoms with van der Waals surface area (Å²) in [4.78, 5) is 8.15. The molecule has 0 saturated carbocycles. The highest BCUT2D eigenvalue weighted by Gasteiger charge is 2.02. The third kappa shape index (κ3) is 0.888. The molecule has 2 rings (SSSR count). The summed E-state index contributed by atoms with van der Waals surface area (Å²) in [7, 11) is 0. The van der Waals surface area contributed by atoms with Crippen molar-refractivity contribution >= 4 is 11.2 Å². The fraction of sp³-hybridized carbons (Fsp3) is 0.250. The minimum atomic E-state index is 0.697. The lowest BCUT2D eigenvalue weighted by Crippen LogP contribution is -1.84. The van der Waals surface area contributed by atoms with Crippen LogP contribution in [-0.2, 0) is 0 Å². The monoisotopic (exact) mass is 148 g/mol. The van der Waals surface area contributed by atoms with Crippen molar-refractivity contribution in [2.45, 2.75) is 13.8 Å². The normalized spacial score (nSPS) is 10.7. The molecule has 2 aromatic rings. The van der Waals surface area contributed by atoms with Gasteiger partial charge in [0.1, 0.15) is 0 Å². The van der Waals surface area contributed by atoms with Gasteiger partial charge in [-0.1, -0.05) is 0 Å². The second-order valence-electron chi connectivity index (χ2n) is 2.59. The molecule has 0 radical (unpaired) electrons. The molecule has 0 N–H and O–H groups in total. The lowest BCUT2D eigenvalue weighted by atomic mass is 10.2.